The predicted molar refractivity (Wildman–Crippen MR) is 189 cm³/mol. The van der Waals surface area contributed by atoms with Crippen LogP contribution >= 0.6 is 0 Å². The quantitative estimate of drug-likeness (QED) is 0.276. The van der Waals surface area contributed by atoms with Gasteiger partial charge in [-0.2, -0.15) is 4.98 Å². The van der Waals surface area contributed by atoms with Crippen molar-refractivity contribution in [2.45, 2.75) is 51.6 Å². The highest BCUT2D eigenvalue weighted by atomic mass is 32.2. The van der Waals surface area contributed by atoms with Crippen LogP contribution in [0.25, 0.3) is 11.3 Å². The Morgan fingerprint density at radius 2 is 1.60 bits per heavy atom. The zero-order chi connectivity index (χ0) is 34.0. The van der Waals surface area contributed by atoms with Gasteiger partial charge in [0.2, 0.25) is 11.8 Å². The summed E-state index contributed by atoms with van der Waals surface area (Å²) in [6.45, 7) is 12.7. The Morgan fingerprint density at radius 3 is 2.29 bits per heavy atom. The molecule has 0 spiro atoms. The third kappa shape index (κ3) is 7.47. The van der Waals surface area contributed by atoms with Crippen molar-refractivity contribution in [3.8, 4) is 17.1 Å². The number of hydrogen-bond acceptors (Lipinski definition) is 8. The van der Waals surface area contributed by atoms with Gasteiger partial charge in [0.15, 0.2) is 0 Å². The van der Waals surface area contributed by atoms with Crippen molar-refractivity contribution in [1.82, 2.24) is 19.8 Å². The van der Waals surface area contributed by atoms with Crippen molar-refractivity contribution >= 4 is 27.6 Å². The van der Waals surface area contributed by atoms with Crippen LogP contribution in [0.15, 0.2) is 77.7 Å². The second-order valence-corrected chi connectivity index (χ2v) is 15.0. The molecule has 1 amide bonds. The van der Waals surface area contributed by atoms with E-state index >= 15 is 0 Å². The molecule has 2 aliphatic rings. The van der Waals surface area contributed by atoms with Crippen LogP contribution in [0.5, 0.6) is 5.88 Å². The molecule has 3 aromatic carbocycles. The molecular formula is C37H44N6O4S. The van der Waals surface area contributed by atoms with Gasteiger partial charge in [0.1, 0.15) is 6.61 Å². The monoisotopic (exact) mass is 668 g/mol. The van der Waals surface area contributed by atoms with Crippen LogP contribution in [0.3, 0.4) is 0 Å². The van der Waals surface area contributed by atoms with Crippen molar-refractivity contribution in [2.75, 3.05) is 49.5 Å². The summed E-state index contributed by atoms with van der Waals surface area (Å²) in [7, 11) is -2.00. The Labute approximate surface area is 283 Å². The first-order valence-corrected chi connectivity index (χ1v) is 18.0. The van der Waals surface area contributed by atoms with Gasteiger partial charge in [-0.15, -0.1) is 0 Å². The van der Waals surface area contributed by atoms with Crippen LogP contribution in [0.2, 0.25) is 0 Å². The Balaban J connectivity index is 1.40. The molecule has 1 fully saturated rings. The third-order valence-electron chi connectivity index (χ3n) is 9.08. The van der Waals surface area contributed by atoms with Crippen LogP contribution in [0.4, 0.5) is 11.6 Å². The highest BCUT2D eigenvalue weighted by Gasteiger charge is 2.29. The molecule has 0 aliphatic carbocycles. The zero-order valence-corrected chi connectivity index (χ0v) is 29.1. The largest absolute Gasteiger partial charge is 0.475 e. The van der Waals surface area contributed by atoms with E-state index in [1.54, 1.807) is 18.2 Å². The highest BCUT2D eigenvalue weighted by Crippen LogP contribution is 2.31. The number of carbonyl (C=O) groups excluding carboxylic acids is 1. The summed E-state index contributed by atoms with van der Waals surface area (Å²) in [5, 5.41) is 0. The normalized spacial score (nSPS) is 18.4. The van der Waals surface area contributed by atoms with Crippen LogP contribution in [-0.4, -0.2) is 80.0 Å². The standard InChI is InChI=1S/C37H44N6O4S/c1-25(2)20-31-24-47-34-22-33(35-26(3)8-6-9-27(35)4)38-37(39-34)40-48(45,46)32-11-7-10-29(21-32)36(44)43(31)23-28-12-14-30(15-13-28)42-18-16-41(5)17-19-42/h6-15,21-22,25,31H,16-20,23-24H2,1-5H3,(H,38,39,40)/t31-/m1/s1. The first-order valence-electron chi connectivity index (χ1n) is 16.5. The smallest absolute Gasteiger partial charge is 0.264 e. The summed E-state index contributed by atoms with van der Waals surface area (Å²) in [5.74, 6) is 0.115. The number of anilines is 2. The molecule has 3 heterocycles. The number of aryl methyl sites for hydroxylation is 2. The number of piperazine rings is 1. The van der Waals surface area contributed by atoms with Gasteiger partial charge in [-0.05, 0) is 80.3 Å². The number of fused-ring (bicyclic) bond motifs is 4. The average molecular weight is 669 g/mol. The summed E-state index contributed by atoms with van der Waals surface area (Å²) >= 11 is 0. The van der Waals surface area contributed by atoms with E-state index < -0.39 is 10.0 Å². The van der Waals surface area contributed by atoms with Gasteiger partial charge in [0, 0.05) is 55.6 Å². The molecule has 1 atom stereocenters. The minimum absolute atomic E-state index is 0.0481. The minimum Gasteiger partial charge on any atom is -0.475 e. The number of likely N-dealkylation sites (N-methyl/N-ethyl adjacent to an activating group) is 1. The molecule has 11 heteroatoms. The molecule has 48 heavy (non-hydrogen) atoms. The fourth-order valence-electron chi connectivity index (χ4n) is 6.48. The average Bonchev–Trinajstić information content (AvgIpc) is 3.05. The van der Waals surface area contributed by atoms with Crippen LogP contribution in [0.1, 0.15) is 47.3 Å². The lowest BCUT2D eigenvalue weighted by molar-refractivity contribution is 0.0553. The van der Waals surface area contributed by atoms with E-state index in [4.69, 9.17) is 4.74 Å². The van der Waals surface area contributed by atoms with E-state index in [0.29, 0.717) is 18.7 Å². The molecule has 10 nitrogen and oxygen atoms in total. The molecule has 4 aromatic rings. The number of aromatic nitrogens is 2. The molecule has 4 bridgehead atoms. The van der Waals surface area contributed by atoms with Crippen LogP contribution in [-0.2, 0) is 16.6 Å². The minimum atomic E-state index is -4.14. The molecule has 0 unspecified atom stereocenters. The summed E-state index contributed by atoms with van der Waals surface area (Å²) in [6, 6.07) is 21.9. The predicted octanol–water partition coefficient (Wildman–Crippen LogP) is 5.76. The number of nitrogens with zero attached hydrogens (tertiary/aromatic N) is 5. The lowest BCUT2D eigenvalue weighted by atomic mass is 10.00. The van der Waals surface area contributed by atoms with Gasteiger partial charge in [-0.25, -0.2) is 18.1 Å². The number of benzene rings is 3. The molecule has 1 saturated heterocycles. The number of carbonyl (C=O) groups is 1. The first-order chi connectivity index (χ1) is 23.0. The van der Waals surface area contributed by atoms with Gasteiger partial charge >= 0.3 is 0 Å². The Hall–Kier alpha value is -4.48. The molecule has 1 N–H and O–H groups in total. The van der Waals surface area contributed by atoms with Gasteiger partial charge < -0.3 is 19.4 Å². The lowest BCUT2D eigenvalue weighted by Gasteiger charge is -2.35. The van der Waals surface area contributed by atoms with Crippen LogP contribution < -0.4 is 14.4 Å². The molecule has 0 radical (unpaired) electrons. The van der Waals surface area contributed by atoms with E-state index in [9.17, 15) is 13.2 Å². The maximum absolute atomic E-state index is 14.4. The van der Waals surface area contributed by atoms with Gasteiger partial charge in [-0.1, -0.05) is 50.2 Å². The number of rotatable bonds is 6. The fourth-order valence-corrected chi connectivity index (χ4v) is 7.47. The van der Waals surface area contributed by atoms with E-state index in [1.807, 2.05) is 36.9 Å². The maximum atomic E-state index is 14.4. The second kappa shape index (κ2) is 13.9. The molecule has 6 rings (SSSR count). The molecule has 252 valence electrons. The van der Waals surface area contributed by atoms with E-state index in [0.717, 1.165) is 54.1 Å². The number of sulfonamides is 1. The Kier molecular flexibility index (Phi) is 9.70. The van der Waals surface area contributed by atoms with Crippen molar-refractivity contribution < 1.29 is 17.9 Å². The number of amides is 1. The van der Waals surface area contributed by atoms with Gasteiger partial charge in [0.05, 0.1) is 16.6 Å². The second-order valence-electron chi connectivity index (χ2n) is 13.3. The SMILES string of the molecule is Cc1cccc(C)c1-c1cc2nc(n1)NS(=O)(=O)c1cccc(c1)C(=O)N(Cc1ccc(N3CCN(C)CC3)cc1)[C@H](CC(C)C)CO2. The third-order valence-corrected chi connectivity index (χ3v) is 10.4. The fraction of sp³-hybridized carbons (Fsp3) is 0.378. The summed E-state index contributed by atoms with van der Waals surface area (Å²) in [5.41, 5.74) is 5.84. The van der Waals surface area contributed by atoms with E-state index in [1.165, 1.54) is 12.1 Å². The molecular weight excluding hydrogens is 625 g/mol. The molecule has 1 aromatic heterocycles. The van der Waals surface area contributed by atoms with Crippen LogP contribution in [0, 0.1) is 19.8 Å². The van der Waals surface area contributed by atoms with E-state index in [2.05, 4.69) is 69.7 Å². The number of hydrogen-bond donors (Lipinski definition) is 1. The summed E-state index contributed by atoms with van der Waals surface area (Å²) in [4.78, 5) is 30.0. The van der Waals surface area contributed by atoms with Gasteiger partial charge in [-0.3, -0.25) is 4.79 Å². The van der Waals surface area contributed by atoms with E-state index in [-0.39, 0.29) is 46.8 Å². The first kappa shape index (κ1) is 33.4. The van der Waals surface area contributed by atoms with Crippen molar-refractivity contribution in [1.29, 1.82) is 0 Å². The Bertz CT molecular complexity index is 1870. The Morgan fingerprint density at radius 1 is 0.917 bits per heavy atom. The van der Waals surface area contributed by atoms with Gasteiger partial charge in [0.25, 0.3) is 15.9 Å². The summed E-state index contributed by atoms with van der Waals surface area (Å²) in [6.07, 6.45) is 0.670. The van der Waals surface area contributed by atoms with Crippen molar-refractivity contribution in [3.63, 3.8) is 0 Å². The highest BCUT2D eigenvalue weighted by molar-refractivity contribution is 7.92. The molecule has 2 aliphatic heterocycles. The maximum Gasteiger partial charge on any atom is 0.264 e. The van der Waals surface area contributed by atoms with Crippen molar-refractivity contribution in [3.05, 3.63) is 95.1 Å². The molecule has 0 saturated carbocycles. The zero-order valence-electron chi connectivity index (χ0n) is 28.3. The number of ether oxygens (including phenoxy) is 1. The number of nitrogens with one attached hydrogen (secondary N) is 1. The van der Waals surface area contributed by atoms with Crippen molar-refractivity contribution in [2.24, 2.45) is 5.92 Å². The topological polar surface area (TPSA) is 108 Å². The lowest BCUT2D eigenvalue weighted by Crippen LogP contribution is -2.44. The summed E-state index contributed by atoms with van der Waals surface area (Å²) < 4.78 is 36.2.